The summed E-state index contributed by atoms with van der Waals surface area (Å²) in [6.45, 7) is 2.92. The third-order valence-corrected chi connectivity index (χ3v) is 6.88. The molecule has 1 aliphatic rings. The lowest BCUT2D eigenvalue weighted by Crippen LogP contribution is -2.24. The highest BCUT2D eigenvalue weighted by atomic mass is 16.5. The van der Waals surface area contributed by atoms with Gasteiger partial charge in [0.1, 0.15) is 6.10 Å². The average Bonchev–Trinajstić information content (AvgIpc) is 2.85. The first kappa shape index (κ1) is 25.5. The van der Waals surface area contributed by atoms with Crippen molar-refractivity contribution in [1.82, 2.24) is 0 Å². The van der Waals surface area contributed by atoms with Crippen LogP contribution in [0.3, 0.4) is 0 Å². The van der Waals surface area contributed by atoms with Gasteiger partial charge in [-0.2, -0.15) is 0 Å². The van der Waals surface area contributed by atoms with Gasteiger partial charge in [-0.05, 0) is 66.8 Å². The number of hydrogen-bond acceptors (Lipinski definition) is 4. The minimum atomic E-state index is -0.209. The molecule has 0 radical (unpaired) electrons. The third kappa shape index (κ3) is 7.97. The SMILES string of the molecule is CCCCCC1CCC(OC(=O)c2ccc(-c3ccc(CC(CO)COC)cc3)cc2)CC1. The van der Waals surface area contributed by atoms with Gasteiger partial charge in [0.05, 0.1) is 12.2 Å². The van der Waals surface area contributed by atoms with Crippen LogP contribution in [0.1, 0.15) is 74.2 Å². The molecule has 0 saturated heterocycles. The summed E-state index contributed by atoms with van der Waals surface area (Å²) >= 11 is 0. The fraction of sp³-hybridized carbons (Fsp3) is 0.552. The molecule has 0 aromatic heterocycles. The molecule has 4 nitrogen and oxygen atoms in total. The summed E-state index contributed by atoms with van der Waals surface area (Å²) < 4.78 is 11.0. The summed E-state index contributed by atoms with van der Waals surface area (Å²) in [7, 11) is 1.66. The van der Waals surface area contributed by atoms with E-state index in [0.717, 1.165) is 36.3 Å². The van der Waals surface area contributed by atoms with Gasteiger partial charge in [-0.15, -0.1) is 0 Å². The monoisotopic (exact) mass is 452 g/mol. The summed E-state index contributed by atoms with van der Waals surface area (Å²) in [5, 5.41) is 9.46. The first-order valence-electron chi connectivity index (χ1n) is 12.6. The summed E-state index contributed by atoms with van der Waals surface area (Å²) in [5.74, 6) is 0.716. The maximum Gasteiger partial charge on any atom is 0.338 e. The Morgan fingerprint density at radius 3 is 2.18 bits per heavy atom. The van der Waals surface area contributed by atoms with E-state index in [-0.39, 0.29) is 24.6 Å². The number of methoxy groups -OCH3 is 1. The largest absolute Gasteiger partial charge is 0.459 e. The number of aliphatic hydroxyl groups excluding tert-OH is 1. The average molecular weight is 453 g/mol. The molecule has 2 aromatic rings. The van der Waals surface area contributed by atoms with Crippen molar-refractivity contribution < 1.29 is 19.4 Å². The first-order valence-corrected chi connectivity index (χ1v) is 12.6. The van der Waals surface area contributed by atoms with Crippen molar-refractivity contribution in [3.63, 3.8) is 0 Å². The predicted molar refractivity (Wildman–Crippen MR) is 133 cm³/mol. The highest BCUT2D eigenvalue weighted by Crippen LogP contribution is 2.30. The second-order valence-electron chi connectivity index (χ2n) is 9.53. The molecule has 0 bridgehead atoms. The molecule has 0 aliphatic heterocycles. The molecule has 1 N–H and O–H groups in total. The molecule has 1 atom stereocenters. The van der Waals surface area contributed by atoms with E-state index in [9.17, 15) is 9.90 Å². The van der Waals surface area contributed by atoms with Gasteiger partial charge in [-0.3, -0.25) is 0 Å². The number of aliphatic hydroxyl groups is 1. The molecular formula is C29H40O4. The molecule has 1 saturated carbocycles. The van der Waals surface area contributed by atoms with Crippen LogP contribution in [-0.2, 0) is 15.9 Å². The number of unbranched alkanes of at least 4 members (excludes halogenated alkanes) is 2. The van der Waals surface area contributed by atoms with Crippen LogP contribution in [0, 0.1) is 11.8 Å². The minimum absolute atomic E-state index is 0.0630. The van der Waals surface area contributed by atoms with Gasteiger partial charge in [-0.1, -0.05) is 69.0 Å². The van der Waals surface area contributed by atoms with Crippen molar-refractivity contribution in [1.29, 1.82) is 0 Å². The Labute approximate surface area is 199 Å². The summed E-state index contributed by atoms with van der Waals surface area (Å²) in [4.78, 5) is 12.6. The van der Waals surface area contributed by atoms with Gasteiger partial charge in [0.25, 0.3) is 0 Å². The molecule has 3 rings (SSSR count). The molecule has 1 aliphatic carbocycles. The Hall–Kier alpha value is -2.17. The lowest BCUT2D eigenvalue weighted by molar-refractivity contribution is 0.0161. The van der Waals surface area contributed by atoms with Crippen LogP contribution >= 0.6 is 0 Å². The molecule has 180 valence electrons. The zero-order valence-corrected chi connectivity index (χ0v) is 20.3. The maximum atomic E-state index is 12.6. The number of ether oxygens (including phenoxy) is 2. The van der Waals surface area contributed by atoms with E-state index in [0.29, 0.717) is 12.2 Å². The highest BCUT2D eigenvalue weighted by Gasteiger charge is 2.24. The van der Waals surface area contributed by atoms with Crippen LogP contribution in [0.5, 0.6) is 0 Å². The van der Waals surface area contributed by atoms with Crippen LogP contribution in [-0.4, -0.2) is 37.5 Å². The Bertz CT molecular complexity index is 820. The molecule has 1 unspecified atom stereocenters. The van der Waals surface area contributed by atoms with Crippen LogP contribution in [0.15, 0.2) is 48.5 Å². The standard InChI is InChI=1S/C29H40O4/c1-3-4-5-6-22-9-17-28(18-10-22)33-29(31)27-15-13-26(14-16-27)25-11-7-23(8-12-25)19-24(20-30)21-32-2/h7-8,11-16,22,24,28,30H,3-6,9-10,17-21H2,1-2H3. The van der Waals surface area contributed by atoms with Crippen LogP contribution in [0.25, 0.3) is 11.1 Å². The maximum absolute atomic E-state index is 12.6. The van der Waals surface area contributed by atoms with Crippen molar-refractivity contribution in [3.05, 3.63) is 59.7 Å². The third-order valence-electron chi connectivity index (χ3n) is 6.88. The lowest BCUT2D eigenvalue weighted by Gasteiger charge is -2.28. The van der Waals surface area contributed by atoms with E-state index in [2.05, 4.69) is 31.2 Å². The Kier molecular flexibility index (Phi) is 10.4. The number of esters is 1. The summed E-state index contributed by atoms with van der Waals surface area (Å²) in [5.41, 5.74) is 3.97. The number of hydrogen-bond donors (Lipinski definition) is 1. The van der Waals surface area contributed by atoms with E-state index in [1.54, 1.807) is 7.11 Å². The van der Waals surface area contributed by atoms with E-state index in [1.165, 1.54) is 44.1 Å². The van der Waals surface area contributed by atoms with Gasteiger partial charge in [0.15, 0.2) is 0 Å². The molecular weight excluding hydrogens is 412 g/mol. The Morgan fingerprint density at radius 2 is 1.61 bits per heavy atom. The van der Waals surface area contributed by atoms with Crippen molar-refractivity contribution in [2.24, 2.45) is 11.8 Å². The number of carbonyl (C=O) groups excluding carboxylic acids is 1. The smallest absolute Gasteiger partial charge is 0.338 e. The normalized spacial score (nSPS) is 19.2. The van der Waals surface area contributed by atoms with E-state index in [4.69, 9.17) is 9.47 Å². The van der Waals surface area contributed by atoms with Crippen LogP contribution < -0.4 is 0 Å². The van der Waals surface area contributed by atoms with Gasteiger partial charge in [0.2, 0.25) is 0 Å². The van der Waals surface area contributed by atoms with Gasteiger partial charge in [0, 0.05) is 19.6 Å². The topological polar surface area (TPSA) is 55.8 Å². The van der Waals surface area contributed by atoms with Crippen LogP contribution in [0.2, 0.25) is 0 Å². The molecule has 0 amide bonds. The van der Waals surface area contributed by atoms with Crippen LogP contribution in [0.4, 0.5) is 0 Å². The van der Waals surface area contributed by atoms with Gasteiger partial charge < -0.3 is 14.6 Å². The second kappa shape index (κ2) is 13.5. The summed E-state index contributed by atoms with van der Waals surface area (Å²) in [6.07, 6.45) is 10.5. The van der Waals surface area contributed by atoms with E-state index >= 15 is 0 Å². The molecule has 2 aromatic carbocycles. The van der Waals surface area contributed by atoms with Crippen molar-refractivity contribution in [2.75, 3.05) is 20.3 Å². The first-order chi connectivity index (χ1) is 16.1. The summed E-state index contributed by atoms with van der Waals surface area (Å²) in [6, 6.07) is 16.1. The Balaban J connectivity index is 1.49. The van der Waals surface area contributed by atoms with Crippen molar-refractivity contribution in [2.45, 2.75) is 70.8 Å². The predicted octanol–water partition coefficient (Wildman–Crippen LogP) is 6.45. The quantitative estimate of drug-likeness (QED) is 0.297. The number of carbonyl (C=O) groups is 1. The molecule has 4 heteroatoms. The van der Waals surface area contributed by atoms with E-state index in [1.807, 2.05) is 24.3 Å². The molecule has 0 heterocycles. The number of rotatable bonds is 12. The van der Waals surface area contributed by atoms with Crippen molar-refractivity contribution >= 4 is 5.97 Å². The lowest BCUT2D eigenvalue weighted by atomic mass is 9.84. The minimum Gasteiger partial charge on any atom is -0.459 e. The molecule has 33 heavy (non-hydrogen) atoms. The highest BCUT2D eigenvalue weighted by molar-refractivity contribution is 5.90. The fourth-order valence-corrected chi connectivity index (χ4v) is 4.82. The number of benzene rings is 2. The zero-order valence-electron chi connectivity index (χ0n) is 20.3. The van der Waals surface area contributed by atoms with Gasteiger partial charge >= 0.3 is 5.97 Å². The second-order valence-corrected chi connectivity index (χ2v) is 9.53. The van der Waals surface area contributed by atoms with Crippen molar-refractivity contribution in [3.8, 4) is 11.1 Å². The molecule has 1 fully saturated rings. The Morgan fingerprint density at radius 1 is 0.970 bits per heavy atom. The van der Waals surface area contributed by atoms with E-state index < -0.39 is 0 Å². The van der Waals surface area contributed by atoms with Gasteiger partial charge in [-0.25, -0.2) is 4.79 Å². The fourth-order valence-electron chi connectivity index (χ4n) is 4.82. The zero-order chi connectivity index (χ0) is 23.5. The molecule has 0 spiro atoms.